The molecule has 0 saturated carbocycles. The number of thioether (sulfide) groups is 1. The van der Waals surface area contributed by atoms with Gasteiger partial charge in [-0.05, 0) is 70.0 Å². The van der Waals surface area contributed by atoms with Crippen molar-refractivity contribution in [2.45, 2.75) is 10.1 Å². The maximum atomic E-state index is 13.3. The number of amides is 2. The van der Waals surface area contributed by atoms with Gasteiger partial charge in [0.15, 0.2) is 0 Å². The first-order chi connectivity index (χ1) is 17.4. The van der Waals surface area contributed by atoms with Gasteiger partial charge in [-0.25, -0.2) is 4.79 Å². The number of hydrogen-bond donors (Lipinski definition) is 3. The summed E-state index contributed by atoms with van der Waals surface area (Å²) in [6.45, 7) is 0. The number of halogens is 1. The highest BCUT2D eigenvalue weighted by atomic mass is 79.9. The molecule has 8 heteroatoms. The predicted molar refractivity (Wildman–Crippen MR) is 146 cm³/mol. The molecule has 0 fully saturated rings. The van der Waals surface area contributed by atoms with Crippen LogP contribution in [-0.4, -0.2) is 22.9 Å². The van der Waals surface area contributed by atoms with Crippen molar-refractivity contribution < 1.29 is 19.5 Å². The molecule has 6 nitrogen and oxygen atoms in total. The molecule has 0 aliphatic rings. The molecule has 4 aromatic rings. The Morgan fingerprint density at radius 2 is 1.33 bits per heavy atom. The quantitative estimate of drug-likeness (QED) is 0.204. The van der Waals surface area contributed by atoms with Gasteiger partial charge >= 0.3 is 5.97 Å². The van der Waals surface area contributed by atoms with E-state index in [1.807, 2.05) is 66.7 Å². The second-order valence-electron chi connectivity index (χ2n) is 7.71. The molecule has 0 saturated heterocycles. The standard InChI is InChI=1S/C28H21BrN2O4S/c29-23-12-6-7-13-24(23)31-27(33)25(18-8-2-1-3-9-18)36-20-16-14-19(15-17-20)30-26(32)21-10-4-5-11-22(21)28(34)35/h1-17,25H,(H,30,32)(H,31,33)(H,34,35). The normalized spacial score (nSPS) is 11.4. The summed E-state index contributed by atoms with van der Waals surface area (Å²) in [7, 11) is 0. The Bertz CT molecular complexity index is 1390. The number of carbonyl (C=O) groups is 3. The fourth-order valence-electron chi connectivity index (χ4n) is 3.48. The largest absolute Gasteiger partial charge is 0.478 e. The molecule has 0 aliphatic heterocycles. The number of anilines is 2. The van der Waals surface area contributed by atoms with Crippen LogP contribution < -0.4 is 10.6 Å². The molecule has 2 amide bonds. The number of carboxylic acid groups (broad SMARTS) is 1. The van der Waals surface area contributed by atoms with E-state index in [1.165, 1.54) is 23.9 Å². The minimum absolute atomic E-state index is 0.0658. The molecule has 0 aromatic heterocycles. The van der Waals surface area contributed by atoms with Crippen molar-refractivity contribution in [3.8, 4) is 0 Å². The number of nitrogens with one attached hydrogen (secondary N) is 2. The average Bonchev–Trinajstić information content (AvgIpc) is 2.90. The summed E-state index contributed by atoms with van der Waals surface area (Å²) >= 11 is 4.85. The van der Waals surface area contributed by atoms with Gasteiger partial charge < -0.3 is 15.7 Å². The second-order valence-corrected chi connectivity index (χ2v) is 9.74. The zero-order valence-electron chi connectivity index (χ0n) is 18.9. The topological polar surface area (TPSA) is 95.5 Å². The number of carbonyl (C=O) groups excluding carboxylic acids is 2. The van der Waals surface area contributed by atoms with Gasteiger partial charge in [0.25, 0.3) is 5.91 Å². The van der Waals surface area contributed by atoms with Crippen LogP contribution in [-0.2, 0) is 4.79 Å². The van der Waals surface area contributed by atoms with Crippen LogP contribution in [0.2, 0.25) is 0 Å². The lowest BCUT2D eigenvalue weighted by molar-refractivity contribution is -0.115. The molecule has 4 aromatic carbocycles. The number of carboxylic acids is 1. The minimum Gasteiger partial charge on any atom is -0.478 e. The molecular weight excluding hydrogens is 540 g/mol. The molecule has 0 radical (unpaired) electrons. The maximum Gasteiger partial charge on any atom is 0.336 e. The zero-order chi connectivity index (χ0) is 25.5. The second kappa shape index (κ2) is 11.7. The smallest absolute Gasteiger partial charge is 0.336 e. The highest BCUT2D eigenvalue weighted by Gasteiger charge is 2.23. The molecule has 0 heterocycles. The van der Waals surface area contributed by atoms with Gasteiger partial charge in [-0.1, -0.05) is 54.6 Å². The first kappa shape index (κ1) is 25.2. The number of benzene rings is 4. The lowest BCUT2D eigenvalue weighted by atomic mass is 10.1. The fraction of sp³-hybridized carbons (Fsp3) is 0.0357. The molecule has 1 atom stereocenters. The summed E-state index contributed by atoms with van der Waals surface area (Å²) in [5, 5.41) is 14.5. The molecule has 0 bridgehead atoms. The van der Waals surface area contributed by atoms with Crippen LogP contribution in [0.4, 0.5) is 11.4 Å². The summed E-state index contributed by atoms with van der Waals surface area (Å²) in [6.07, 6.45) is 0. The fourth-order valence-corrected chi connectivity index (χ4v) is 4.89. The Kier molecular flexibility index (Phi) is 8.20. The lowest BCUT2D eigenvalue weighted by Crippen LogP contribution is -2.19. The first-order valence-electron chi connectivity index (χ1n) is 10.9. The molecule has 36 heavy (non-hydrogen) atoms. The Morgan fingerprint density at radius 1 is 0.722 bits per heavy atom. The van der Waals surface area contributed by atoms with Crippen LogP contribution in [0.1, 0.15) is 31.5 Å². The van der Waals surface area contributed by atoms with Crippen LogP contribution in [0.15, 0.2) is 112 Å². The van der Waals surface area contributed by atoms with E-state index in [0.29, 0.717) is 11.4 Å². The molecule has 4 rings (SSSR count). The summed E-state index contributed by atoms with van der Waals surface area (Å²) < 4.78 is 0.791. The van der Waals surface area contributed by atoms with E-state index in [9.17, 15) is 19.5 Å². The molecule has 1 unspecified atom stereocenters. The van der Waals surface area contributed by atoms with E-state index in [0.717, 1.165) is 14.9 Å². The summed E-state index contributed by atoms with van der Waals surface area (Å²) in [5.41, 5.74) is 2.07. The Labute approximate surface area is 220 Å². The van der Waals surface area contributed by atoms with Gasteiger partial charge in [0.05, 0.1) is 16.8 Å². The maximum absolute atomic E-state index is 13.3. The van der Waals surface area contributed by atoms with Crippen LogP contribution >= 0.6 is 27.7 Å². The van der Waals surface area contributed by atoms with Crippen molar-refractivity contribution in [1.82, 2.24) is 0 Å². The third-order valence-corrected chi connectivity index (χ3v) is 7.20. The van der Waals surface area contributed by atoms with E-state index >= 15 is 0 Å². The van der Waals surface area contributed by atoms with Crippen LogP contribution in [0.5, 0.6) is 0 Å². The summed E-state index contributed by atoms with van der Waals surface area (Å²) in [5.74, 6) is -1.84. The van der Waals surface area contributed by atoms with Crippen molar-refractivity contribution in [2.75, 3.05) is 10.6 Å². The predicted octanol–water partition coefficient (Wildman–Crippen LogP) is 6.87. The van der Waals surface area contributed by atoms with Gasteiger partial charge in [0, 0.05) is 15.1 Å². The zero-order valence-corrected chi connectivity index (χ0v) is 21.3. The Hall–Kier alpha value is -3.88. The van der Waals surface area contributed by atoms with Crippen molar-refractivity contribution in [3.05, 3.63) is 124 Å². The van der Waals surface area contributed by atoms with Gasteiger partial charge in [0.2, 0.25) is 5.91 Å². The molecule has 180 valence electrons. The highest BCUT2D eigenvalue weighted by molar-refractivity contribution is 9.10. The van der Waals surface area contributed by atoms with Gasteiger partial charge in [-0.15, -0.1) is 11.8 Å². The number of hydrogen-bond acceptors (Lipinski definition) is 4. The molecule has 0 spiro atoms. The number of para-hydroxylation sites is 1. The highest BCUT2D eigenvalue weighted by Crippen LogP contribution is 2.37. The van der Waals surface area contributed by atoms with E-state index < -0.39 is 17.1 Å². The molecular formula is C28H21BrN2O4S. The van der Waals surface area contributed by atoms with Gasteiger partial charge in [-0.3, -0.25) is 9.59 Å². The van der Waals surface area contributed by atoms with Crippen molar-refractivity contribution in [2.24, 2.45) is 0 Å². The van der Waals surface area contributed by atoms with Crippen LogP contribution in [0.3, 0.4) is 0 Å². The van der Waals surface area contributed by atoms with Crippen molar-refractivity contribution in [3.63, 3.8) is 0 Å². The third-order valence-electron chi connectivity index (χ3n) is 5.24. The molecule has 0 aliphatic carbocycles. The van der Waals surface area contributed by atoms with Gasteiger partial charge in [0.1, 0.15) is 5.25 Å². The van der Waals surface area contributed by atoms with Gasteiger partial charge in [-0.2, -0.15) is 0 Å². The van der Waals surface area contributed by atoms with E-state index in [-0.39, 0.29) is 17.0 Å². The average molecular weight is 561 g/mol. The Morgan fingerprint density at radius 3 is 2.00 bits per heavy atom. The lowest BCUT2D eigenvalue weighted by Gasteiger charge is -2.18. The van der Waals surface area contributed by atoms with Crippen LogP contribution in [0.25, 0.3) is 0 Å². The van der Waals surface area contributed by atoms with Crippen molar-refractivity contribution in [1.29, 1.82) is 0 Å². The van der Waals surface area contributed by atoms with E-state index in [1.54, 1.807) is 24.3 Å². The first-order valence-corrected chi connectivity index (χ1v) is 12.6. The molecule has 3 N–H and O–H groups in total. The van der Waals surface area contributed by atoms with E-state index in [4.69, 9.17) is 0 Å². The van der Waals surface area contributed by atoms with E-state index in [2.05, 4.69) is 26.6 Å². The Balaban J connectivity index is 1.51. The summed E-state index contributed by atoms with van der Waals surface area (Å²) in [4.78, 5) is 38.2. The monoisotopic (exact) mass is 560 g/mol. The minimum atomic E-state index is -1.17. The van der Waals surface area contributed by atoms with Crippen molar-refractivity contribution >= 4 is 56.9 Å². The summed E-state index contributed by atoms with van der Waals surface area (Å²) in [6, 6.07) is 30.0. The van der Waals surface area contributed by atoms with Crippen LogP contribution in [0, 0.1) is 0 Å². The third kappa shape index (κ3) is 6.21. The number of aromatic carboxylic acids is 1. The SMILES string of the molecule is O=C(O)c1ccccc1C(=O)Nc1ccc(SC(C(=O)Nc2ccccc2Br)c2ccccc2)cc1. The number of rotatable bonds is 8.